The van der Waals surface area contributed by atoms with Crippen LogP contribution in [0.3, 0.4) is 0 Å². The van der Waals surface area contributed by atoms with E-state index in [-0.39, 0.29) is 73.7 Å². The van der Waals surface area contributed by atoms with Gasteiger partial charge in [-0.1, -0.05) is 67.0 Å². The molecule has 1 unspecified atom stereocenters. The van der Waals surface area contributed by atoms with E-state index < -0.39 is 117 Å². The number of aliphatic hydroxyl groups is 3. The van der Waals surface area contributed by atoms with Gasteiger partial charge in [0.15, 0.2) is 0 Å². The molecule has 0 aromatic carbocycles. The molecule has 1 atom stereocenters. The first-order valence-electron chi connectivity index (χ1n) is 26.3. The number of ether oxygens (including phenoxy) is 12. The third-order valence-electron chi connectivity index (χ3n) is 14.2. The lowest BCUT2D eigenvalue weighted by Crippen LogP contribution is -2.54. The molecule has 0 amide bonds. The molecule has 24 heteroatoms. The molecule has 8 rings (SSSR count). The van der Waals surface area contributed by atoms with Crippen LogP contribution < -0.4 is 0 Å². The Labute approximate surface area is 468 Å². The van der Waals surface area contributed by atoms with Crippen molar-refractivity contribution in [3.05, 3.63) is 141 Å². The number of cyclic esters (lactones) is 3. The zero-order valence-electron chi connectivity index (χ0n) is 45.8. The number of carbonyl (C=O) groups excluding carboxylic acids is 9. The van der Waals surface area contributed by atoms with Crippen LogP contribution in [0.1, 0.15) is 126 Å². The number of hydrogen-bond donors (Lipinski definition) is 3. The second-order valence-electron chi connectivity index (χ2n) is 20.9. The lowest BCUT2D eigenvalue weighted by atomic mass is 9.87. The largest absolute Gasteiger partial charge is 0.480 e. The monoisotopic (exact) mass is 1140 g/mol. The molecule has 6 aliphatic heterocycles. The molecule has 3 N–H and O–H groups in total. The van der Waals surface area contributed by atoms with E-state index in [1.165, 1.54) is 80.7 Å². The van der Waals surface area contributed by atoms with Gasteiger partial charge in [-0.15, -0.1) is 0 Å². The second-order valence-corrected chi connectivity index (χ2v) is 20.9. The van der Waals surface area contributed by atoms with E-state index in [1.54, 1.807) is 20.8 Å². The highest BCUT2D eigenvalue weighted by molar-refractivity contribution is 6.17. The Morgan fingerprint density at radius 1 is 0.366 bits per heavy atom. The third-order valence-corrected chi connectivity index (χ3v) is 14.2. The highest BCUT2D eigenvalue weighted by atomic mass is 16.8. The molecule has 0 radical (unpaired) electrons. The van der Waals surface area contributed by atoms with Crippen LogP contribution >= 0.6 is 0 Å². The third kappa shape index (κ3) is 12.7. The van der Waals surface area contributed by atoms with E-state index in [0.717, 1.165) is 6.08 Å². The van der Waals surface area contributed by atoms with Gasteiger partial charge >= 0.3 is 53.7 Å². The average molecular weight is 1140 g/mol. The highest BCUT2D eigenvalue weighted by Crippen LogP contribution is 2.48. The summed E-state index contributed by atoms with van der Waals surface area (Å²) in [6, 6.07) is 0. The summed E-state index contributed by atoms with van der Waals surface area (Å²) in [6.07, 6.45) is 16.1. The van der Waals surface area contributed by atoms with E-state index in [1.807, 2.05) is 13.8 Å². The molecule has 0 bridgehead atoms. The molecule has 0 aromatic heterocycles. The summed E-state index contributed by atoms with van der Waals surface area (Å²) in [5, 5.41) is 32.0. The van der Waals surface area contributed by atoms with E-state index in [2.05, 4.69) is 0 Å². The van der Waals surface area contributed by atoms with Gasteiger partial charge in [-0.25, -0.2) is 43.2 Å². The topological polar surface area (TPSA) is 325 Å². The molecule has 3 saturated heterocycles. The minimum atomic E-state index is -1.74. The van der Waals surface area contributed by atoms with Crippen molar-refractivity contribution in [1.29, 1.82) is 0 Å². The zero-order valence-corrected chi connectivity index (χ0v) is 45.8. The van der Waals surface area contributed by atoms with E-state index in [9.17, 15) is 58.5 Å². The summed E-state index contributed by atoms with van der Waals surface area (Å²) in [5.74, 6) is -20.1. The summed E-state index contributed by atoms with van der Waals surface area (Å²) in [7, 11) is 0. The zero-order chi connectivity index (χ0) is 59.6. The van der Waals surface area contributed by atoms with E-state index in [0.29, 0.717) is 42.4 Å². The van der Waals surface area contributed by atoms with Crippen molar-refractivity contribution in [2.24, 2.45) is 0 Å². The summed E-state index contributed by atoms with van der Waals surface area (Å²) in [4.78, 5) is 117. The number of allylic oxidation sites excluding steroid dienone is 12. The van der Waals surface area contributed by atoms with Crippen LogP contribution in [-0.2, 0) is 100.0 Å². The second kappa shape index (κ2) is 22.8. The molecule has 2 saturated carbocycles. The molecule has 8 aliphatic rings. The van der Waals surface area contributed by atoms with Crippen molar-refractivity contribution in [3.8, 4) is 0 Å². The molecular formula is C58H60O24. The van der Waals surface area contributed by atoms with Crippen molar-refractivity contribution in [2.45, 2.75) is 160 Å². The first-order chi connectivity index (χ1) is 38.7. The van der Waals surface area contributed by atoms with Crippen molar-refractivity contribution < 1.29 is 115 Å². The molecule has 4 spiro atoms. The summed E-state index contributed by atoms with van der Waals surface area (Å²) >= 11 is 0. The lowest BCUT2D eigenvalue weighted by molar-refractivity contribution is -0.297. The van der Waals surface area contributed by atoms with Crippen LogP contribution in [0, 0.1) is 0 Å². The number of rotatable bonds is 13. The molecule has 0 aromatic rings. The van der Waals surface area contributed by atoms with Gasteiger partial charge in [0.05, 0.1) is 0 Å². The Hall–Kier alpha value is -9.09. The molecule has 436 valence electrons. The van der Waals surface area contributed by atoms with E-state index >= 15 is 0 Å². The van der Waals surface area contributed by atoms with Crippen molar-refractivity contribution >= 4 is 53.7 Å². The number of aliphatic hydroxyl groups excluding tert-OH is 3. The summed E-state index contributed by atoms with van der Waals surface area (Å²) < 4.78 is 66.3. The lowest BCUT2D eigenvalue weighted by Gasteiger charge is -2.46. The first kappa shape index (κ1) is 59.0. The average Bonchev–Trinajstić information content (AvgIpc) is 3.49. The van der Waals surface area contributed by atoms with Gasteiger partial charge in [0.25, 0.3) is 52.6 Å². The standard InChI is InChI=1S/C58H60O24/c1-8-22-53(6)71-41(59)35(42(60)72-53)16-10-32(3)12-18-37-45(63)75-55(76-46(37)64)24-28-57(29-25-55)79-49(67)39(50(68)80-57)20-14-34(5)15-21-40-51(69)81-58(82-52(40)70)30-26-56(27-31-58)77-47(65)38(48(66)78-56)19-13-33(4)11-17-36-43(61)73-54(7,23-9-2)74-44(36)62/h10-21,59,65,67H,8-9,22-31H2,1-7H3/b16-10+,19-13+,20-14+,32-12+,33-11+,34-15+,36-17?,37-18?,40-21?. The van der Waals surface area contributed by atoms with Crippen LogP contribution in [0.4, 0.5) is 0 Å². The molecule has 2 aliphatic carbocycles. The predicted octanol–water partition coefficient (Wildman–Crippen LogP) is 7.57. The molecular weight excluding hydrogens is 1080 g/mol. The summed E-state index contributed by atoms with van der Waals surface area (Å²) in [5.41, 5.74) is -0.929. The Morgan fingerprint density at radius 3 is 0.878 bits per heavy atom. The number of esters is 9. The maximum Gasteiger partial charge on any atom is 0.348 e. The Bertz CT molecular complexity index is 3110. The van der Waals surface area contributed by atoms with Crippen molar-refractivity contribution in [1.82, 2.24) is 0 Å². The van der Waals surface area contributed by atoms with E-state index in [4.69, 9.17) is 56.8 Å². The quantitative estimate of drug-likeness (QED) is 0.0526. The maximum absolute atomic E-state index is 13.3. The first-order valence-corrected chi connectivity index (χ1v) is 26.3. The fourth-order valence-electron chi connectivity index (χ4n) is 9.69. The normalized spacial score (nSPS) is 31.1. The van der Waals surface area contributed by atoms with Gasteiger partial charge in [-0.3, -0.25) is 0 Å². The van der Waals surface area contributed by atoms with Crippen LogP contribution in [0.15, 0.2) is 141 Å². The minimum Gasteiger partial charge on any atom is -0.480 e. The highest BCUT2D eigenvalue weighted by Gasteiger charge is 2.58. The van der Waals surface area contributed by atoms with Gasteiger partial charge in [0, 0.05) is 78.1 Å². The van der Waals surface area contributed by atoms with Gasteiger partial charge in [-0.2, -0.15) is 0 Å². The fourth-order valence-corrected chi connectivity index (χ4v) is 9.69. The van der Waals surface area contributed by atoms with Crippen molar-refractivity contribution in [2.75, 3.05) is 0 Å². The maximum atomic E-state index is 13.3. The van der Waals surface area contributed by atoms with Gasteiger partial charge in [0.1, 0.15) is 33.4 Å². The fraction of sp³-hybridized carbons (Fsp3) is 0.431. The SMILES string of the molecule is CCCC1(C)OC(=O)C(=C/C=C(C)/C=C/C2=C(O)OC3(CCC4(CC3)OC(=O)C(=C/C=C(C)/C=C/C3=C(O)OC5(CCC6(CC5)OC(=O)C(=C/C=C(C)/C=C/C5=C(O)OC(C)(CCC)OC5=O)C(=O)O6)OC3=O)C(=O)O4)OC2=O)C(=O)O1. The number of hydrogen-bond acceptors (Lipinski definition) is 24. The van der Waals surface area contributed by atoms with Gasteiger partial charge < -0.3 is 72.2 Å². The molecule has 6 heterocycles. The predicted molar refractivity (Wildman–Crippen MR) is 274 cm³/mol. The Kier molecular flexibility index (Phi) is 16.4. The van der Waals surface area contributed by atoms with Crippen LogP contribution in [0.5, 0.6) is 0 Å². The van der Waals surface area contributed by atoms with Gasteiger partial charge in [-0.05, 0) is 70.1 Å². The number of carbonyl (C=O) groups is 9. The minimum absolute atomic E-state index is 0.161. The smallest absolute Gasteiger partial charge is 0.348 e. The Morgan fingerprint density at radius 2 is 0.598 bits per heavy atom. The van der Waals surface area contributed by atoms with Crippen LogP contribution in [0.25, 0.3) is 0 Å². The molecule has 24 nitrogen and oxygen atoms in total. The van der Waals surface area contributed by atoms with Gasteiger partial charge in [0.2, 0.25) is 0 Å². The Balaban J connectivity index is 0.812. The van der Waals surface area contributed by atoms with Crippen LogP contribution in [-0.4, -0.2) is 104 Å². The molecule has 82 heavy (non-hydrogen) atoms. The summed E-state index contributed by atoms with van der Waals surface area (Å²) in [6.45, 7) is 11.5. The van der Waals surface area contributed by atoms with Crippen molar-refractivity contribution in [3.63, 3.8) is 0 Å². The van der Waals surface area contributed by atoms with Crippen LogP contribution in [0.2, 0.25) is 0 Å². The molecule has 5 fully saturated rings.